The van der Waals surface area contributed by atoms with Crippen molar-refractivity contribution in [2.75, 3.05) is 9.80 Å². The van der Waals surface area contributed by atoms with Crippen LogP contribution in [0.5, 0.6) is 0 Å². The Labute approximate surface area is 347 Å². The summed E-state index contributed by atoms with van der Waals surface area (Å²) in [7, 11) is 0. The SMILES string of the molecule is C=CCC1C=CC(/C=C\C)=C(C=C)N1c1ccc2c(c1)C(C)(C)c1cc(-c3ccc4c(c3)C(C)(C)c3cc(N5C(C=C)=C(/C=C\C)C=CC5CC=C)ccc3-4)ccc1-2. The maximum Gasteiger partial charge on any atom is 0.0560 e. The van der Waals surface area contributed by atoms with E-state index in [1.807, 2.05) is 24.3 Å². The molecule has 2 heteroatoms. The highest BCUT2D eigenvalue weighted by Gasteiger charge is 2.39. The van der Waals surface area contributed by atoms with Crippen LogP contribution in [0.25, 0.3) is 33.4 Å². The molecule has 0 aromatic heterocycles. The van der Waals surface area contributed by atoms with Crippen LogP contribution in [0.1, 0.15) is 76.6 Å². The lowest BCUT2D eigenvalue weighted by atomic mass is 9.80. The molecule has 0 radical (unpaired) electrons. The Kier molecular flexibility index (Phi) is 10.0. The molecule has 8 rings (SSSR count). The van der Waals surface area contributed by atoms with Crippen molar-refractivity contribution in [1.82, 2.24) is 0 Å². The molecular weight excluding hydrogens is 701 g/mol. The molecule has 4 aromatic rings. The van der Waals surface area contributed by atoms with Crippen LogP contribution in [0.3, 0.4) is 0 Å². The molecule has 0 fully saturated rings. The van der Waals surface area contributed by atoms with Gasteiger partial charge in [0, 0.05) is 33.6 Å². The minimum Gasteiger partial charge on any atom is -0.334 e. The third-order valence-corrected chi connectivity index (χ3v) is 12.9. The van der Waals surface area contributed by atoms with Crippen LogP contribution in [-0.2, 0) is 10.8 Å². The summed E-state index contributed by atoms with van der Waals surface area (Å²) >= 11 is 0. The fourth-order valence-corrected chi connectivity index (χ4v) is 9.96. The van der Waals surface area contributed by atoms with Gasteiger partial charge in [0.15, 0.2) is 0 Å². The molecule has 2 unspecified atom stereocenters. The lowest BCUT2D eigenvalue weighted by Crippen LogP contribution is -2.35. The summed E-state index contributed by atoms with van der Waals surface area (Å²) in [6.45, 7) is 30.3. The lowest BCUT2D eigenvalue weighted by Gasteiger charge is -2.36. The van der Waals surface area contributed by atoms with Crippen molar-refractivity contribution in [3.63, 3.8) is 0 Å². The summed E-state index contributed by atoms with van der Waals surface area (Å²) in [6, 6.07) is 28.6. The van der Waals surface area contributed by atoms with E-state index in [1.165, 1.54) is 78.2 Å². The van der Waals surface area contributed by atoms with Crippen LogP contribution < -0.4 is 9.80 Å². The van der Waals surface area contributed by atoms with Crippen LogP contribution in [0, 0.1) is 0 Å². The molecule has 0 spiro atoms. The van der Waals surface area contributed by atoms with Crippen LogP contribution in [0.15, 0.2) is 195 Å². The number of benzene rings is 4. The van der Waals surface area contributed by atoms with E-state index in [4.69, 9.17) is 0 Å². The quantitative estimate of drug-likeness (QED) is 0.141. The van der Waals surface area contributed by atoms with Gasteiger partial charge in [-0.25, -0.2) is 0 Å². The lowest BCUT2D eigenvalue weighted by molar-refractivity contribution is 0.658. The first-order valence-corrected chi connectivity index (χ1v) is 20.8. The van der Waals surface area contributed by atoms with E-state index in [0.29, 0.717) is 0 Å². The van der Waals surface area contributed by atoms with Gasteiger partial charge in [0.2, 0.25) is 0 Å². The van der Waals surface area contributed by atoms with Gasteiger partial charge in [0.05, 0.1) is 12.1 Å². The van der Waals surface area contributed by atoms with Crippen molar-refractivity contribution in [2.45, 2.75) is 77.3 Å². The molecule has 0 bridgehead atoms. The highest BCUT2D eigenvalue weighted by Crippen LogP contribution is 2.54. The van der Waals surface area contributed by atoms with Crippen LogP contribution in [0.4, 0.5) is 11.4 Å². The van der Waals surface area contributed by atoms with Gasteiger partial charge >= 0.3 is 0 Å². The van der Waals surface area contributed by atoms with Gasteiger partial charge in [-0.1, -0.05) is 138 Å². The van der Waals surface area contributed by atoms with Crippen molar-refractivity contribution < 1.29 is 0 Å². The Morgan fingerprint density at radius 3 is 1.22 bits per heavy atom. The van der Waals surface area contributed by atoms with Gasteiger partial charge in [-0.05, 0) is 142 Å². The van der Waals surface area contributed by atoms with Crippen LogP contribution >= 0.6 is 0 Å². The normalized spacial score (nSPS) is 19.8. The highest BCUT2D eigenvalue weighted by molar-refractivity contribution is 5.88. The predicted molar refractivity (Wildman–Crippen MR) is 252 cm³/mol. The minimum absolute atomic E-state index is 0.173. The van der Waals surface area contributed by atoms with E-state index >= 15 is 0 Å². The first-order valence-electron chi connectivity index (χ1n) is 20.8. The van der Waals surface area contributed by atoms with E-state index in [-0.39, 0.29) is 22.9 Å². The molecule has 58 heavy (non-hydrogen) atoms. The van der Waals surface area contributed by atoms with Gasteiger partial charge in [-0.15, -0.1) is 13.2 Å². The third-order valence-electron chi connectivity index (χ3n) is 12.9. The number of rotatable bonds is 11. The third kappa shape index (κ3) is 6.09. The van der Waals surface area contributed by atoms with Crippen LogP contribution in [-0.4, -0.2) is 12.1 Å². The number of hydrogen-bond donors (Lipinski definition) is 0. The standard InChI is InChI=1S/C56H56N2/c1-11-17-37-21-25-41(19-13-3)57(53(37)15-5)43-27-31-47-45-29-23-39(33-49(45)55(7,8)51(47)35-43)40-24-30-46-48-32-28-44(36-52(48)56(9,10)50(46)34-40)58-42(20-14-4)26-22-38(18-12-2)54(58)16-6/h11-18,21-36,41-42H,3-6,19-20H2,1-2,7-10H3/b17-11-,18-12-. The van der Waals surface area contributed by atoms with E-state index in [1.54, 1.807) is 0 Å². The summed E-state index contributed by atoms with van der Waals surface area (Å²) < 4.78 is 0. The molecule has 2 aliphatic carbocycles. The zero-order valence-corrected chi connectivity index (χ0v) is 35.1. The van der Waals surface area contributed by atoms with E-state index < -0.39 is 0 Å². The summed E-state index contributed by atoms with van der Waals surface area (Å²) in [4.78, 5) is 4.86. The molecule has 0 saturated heterocycles. The Bertz CT molecular complexity index is 2390. The molecule has 2 nitrogen and oxygen atoms in total. The first-order chi connectivity index (χ1) is 28.0. The number of fused-ring (bicyclic) bond motifs is 6. The van der Waals surface area contributed by atoms with Crippen molar-refractivity contribution >= 4 is 11.4 Å². The average Bonchev–Trinajstić information content (AvgIpc) is 3.59. The van der Waals surface area contributed by atoms with E-state index in [0.717, 1.165) is 24.2 Å². The Balaban J connectivity index is 1.14. The molecular formula is C56H56N2. The van der Waals surface area contributed by atoms with Gasteiger partial charge in [0.25, 0.3) is 0 Å². The summed E-state index contributed by atoms with van der Waals surface area (Å²) in [5.74, 6) is 0. The Morgan fingerprint density at radius 2 is 0.879 bits per heavy atom. The Morgan fingerprint density at radius 1 is 0.517 bits per heavy atom. The first kappa shape index (κ1) is 38.7. The number of allylic oxidation sites excluding steroid dienone is 10. The summed E-state index contributed by atoms with van der Waals surface area (Å²) in [5, 5.41) is 0. The van der Waals surface area contributed by atoms with Gasteiger partial charge in [-0.2, -0.15) is 0 Å². The maximum absolute atomic E-state index is 4.24. The van der Waals surface area contributed by atoms with Gasteiger partial charge in [-0.3, -0.25) is 0 Å². The van der Waals surface area contributed by atoms with E-state index in [2.05, 4.69) is 199 Å². The second-order valence-corrected chi connectivity index (χ2v) is 17.0. The smallest absolute Gasteiger partial charge is 0.0560 e. The molecule has 2 heterocycles. The largest absolute Gasteiger partial charge is 0.334 e. The fourth-order valence-electron chi connectivity index (χ4n) is 9.96. The molecule has 2 aliphatic heterocycles. The average molecular weight is 757 g/mol. The van der Waals surface area contributed by atoms with Crippen LogP contribution in [0.2, 0.25) is 0 Å². The monoisotopic (exact) mass is 756 g/mol. The number of nitrogens with zero attached hydrogens (tertiary/aromatic N) is 2. The molecule has 2 atom stereocenters. The second kappa shape index (κ2) is 15.0. The van der Waals surface area contributed by atoms with Gasteiger partial charge < -0.3 is 9.80 Å². The number of hydrogen-bond acceptors (Lipinski definition) is 2. The zero-order valence-electron chi connectivity index (χ0n) is 35.1. The predicted octanol–water partition coefficient (Wildman–Crippen LogP) is 14.6. The van der Waals surface area contributed by atoms with Crippen molar-refractivity contribution in [3.05, 3.63) is 217 Å². The van der Waals surface area contributed by atoms with Crippen molar-refractivity contribution in [1.29, 1.82) is 0 Å². The summed E-state index contributed by atoms with van der Waals surface area (Å²) in [5.41, 5.74) is 19.8. The topological polar surface area (TPSA) is 6.48 Å². The zero-order chi connectivity index (χ0) is 40.9. The van der Waals surface area contributed by atoms with Crippen molar-refractivity contribution in [2.24, 2.45) is 0 Å². The minimum atomic E-state index is -0.179. The molecule has 0 amide bonds. The molecule has 290 valence electrons. The molecule has 0 N–H and O–H groups in total. The van der Waals surface area contributed by atoms with Gasteiger partial charge in [0.1, 0.15) is 0 Å². The molecule has 0 saturated carbocycles. The maximum atomic E-state index is 4.24. The second-order valence-electron chi connectivity index (χ2n) is 17.0. The van der Waals surface area contributed by atoms with Crippen molar-refractivity contribution in [3.8, 4) is 33.4 Å². The number of anilines is 2. The molecule has 4 aromatic carbocycles. The highest BCUT2D eigenvalue weighted by atomic mass is 15.2. The Hall–Kier alpha value is -6.12. The summed E-state index contributed by atoms with van der Waals surface area (Å²) in [6.07, 6.45) is 27.3. The fraction of sp³-hybridized carbons (Fsp3) is 0.214. The van der Waals surface area contributed by atoms with E-state index in [9.17, 15) is 0 Å². The molecule has 4 aliphatic rings.